The lowest BCUT2D eigenvalue weighted by atomic mass is 10.1. The lowest BCUT2D eigenvalue weighted by molar-refractivity contribution is 0.799. The van der Waals surface area contributed by atoms with Gasteiger partial charge in [-0.1, -0.05) is 13.8 Å². The topological polar surface area (TPSA) is 25.8 Å². The van der Waals surface area contributed by atoms with Gasteiger partial charge in [0, 0.05) is 6.20 Å². The average molecular weight is 135 g/mol. The van der Waals surface area contributed by atoms with Gasteiger partial charge in [-0.25, -0.2) is 9.97 Å². The quantitative estimate of drug-likeness (QED) is 0.585. The largest absolute Gasteiger partial charge is 0.234 e. The molecule has 0 aromatic carbocycles. The first-order valence-electron chi connectivity index (χ1n) is 3.41. The lowest BCUT2D eigenvalue weighted by Gasteiger charge is -2.04. The van der Waals surface area contributed by atoms with E-state index in [0.717, 1.165) is 11.3 Å². The highest BCUT2D eigenvalue weighted by Crippen LogP contribution is 2.13. The minimum absolute atomic E-state index is 0.472. The summed E-state index contributed by atoms with van der Waals surface area (Å²) in [6.45, 7) is 6.25. The Bertz CT molecular complexity index is 218. The fraction of sp³-hybridized carbons (Fsp3) is 0.500. The van der Waals surface area contributed by atoms with E-state index >= 15 is 0 Å². The summed E-state index contributed by atoms with van der Waals surface area (Å²) in [4.78, 5) is 7.83. The molecule has 0 bridgehead atoms. The molecule has 0 N–H and O–H groups in total. The Morgan fingerprint density at radius 1 is 1.50 bits per heavy atom. The second-order valence-electron chi connectivity index (χ2n) is 2.69. The van der Waals surface area contributed by atoms with Crippen LogP contribution in [-0.4, -0.2) is 9.97 Å². The predicted molar refractivity (Wildman–Crippen MR) is 39.7 cm³/mol. The summed E-state index contributed by atoms with van der Waals surface area (Å²) in [6, 6.07) is 0. The van der Waals surface area contributed by atoms with Gasteiger partial charge in [0.15, 0.2) is 6.33 Å². The maximum absolute atomic E-state index is 4.04. The summed E-state index contributed by atoms with van der Waals surface area (Å²) in [5.74, 6) is 0.472. The number of nitrogens with zero attached hydrogens (tertiary/aromatic N) is 2. The standard InChI is InChI=1S/C8H11N2/c1-6(2)8-7(3)4-9-5-10-8/h4,6H,1-3H3. The van der Waals surface area contributed by atoms with Crippen LogP contribution in [-0.2, 0) is 0 Å². The second-order valence-corrected chi connectivity index (χ2v) is 2.69. The molecule has 0 fully saturated rings. The second kappa shape index (κ2) is 2.78. The number of rotatable bonds is 1. The molecule has 0 saturated heterocycles. The third kappa shape index (κ3) is 1.32. The van der Waals surface area contributed by atoms with Gasteiger partial charge in [0.25, 0.3) is 0 Å². The third-order valence-electron chi connectivity index (χ3n) is 1.44. The number of aryl methyl sites for hydroxylation is 1. The van der Waals surface area contributed by atoms with E-state index in [9.17, 15) is 0 Å². The highest BCUT2D eigenvalue weighted by atomic mass is 14.8. The highest BCUT2D eigenvalue weighted by Gasteiger charge is 2.02. The Labute approximate surface area is 61.3 Å². The molecule has 0 aliphatic carbocycles. The zero-order valence-electron chi connectivity index (χ0n) is 6.55. The van der Waals surface area contributed by atoms with Crippen LogP contribution in [0.4, 0.5) is 0 Å². The van der Waals surface area contributed by atoms with Gasteiger partial charge in [0.05, 0.1) is 5.69 Å². The number of aromatic nitrogens is 2. The predicted octanol–water partition coefficient (Wildman–Crippen LogP) is 1.71. The van der Waals surface area contributed by atoms with E-state index in [0.29, 0.717) is 5.92 Å². The summed E-state index contributed by atoms with van der Waals surface area (Å²) in [5, 5.41) is 0. The van der Waals surface area contributed by atoms with Crippen LogP contribution in [0.15, 0.2) is 6.20 Å². The SMILES string of the molecule is Cc1cn[c]nc1C(C)C. The number of hydrogen-bond donors (Lipinski definition) is 0. The zero-order valence-corrected chi connectivity index (χ0v) is 6.55. The van der Waals surface area contributed by atoms with Crippen LogP contribution in [0.2, 0.25) is 0 Å². The fourth-order valence-electron chi connectivity index (χ4n) is 0.947. The van der Waals surface area contributed by atoms with Crippen molar-refractivity contribution in [2.75, 3.05) is 0 Å². The molecule has 1 rings (SSSR count). The van der Waals surface area contributed by atoms with Crippen molar-refractivity contribution in [2.24, 2.45) is 0 Å². The fourth-order valence-corrected chi connectivity index (χ4v) is 0.947. The van der Waals surface area contributed by atoms with Gasteiger partial charge >= 0.3 is 0 Å². The Kier molecular flexibility index (Phi) is 2.00. The van der Waals surface area contributed by atoms with Crippen molar-refractivity contribution in [3.63, 3.8) is 0 Å². The van der Waals surface area contributed by atoms with Crippen LogP contribution in [0.25, 0.3) is 0 Å². The Balaban J connectivity index is 3.03. The van der Waals surface area contributed by atoms with Crippen LogP contribution in [0.5, 0.6) is 0 Å². The average Bonchev–Trinajstić information content (AvgIpc) is 1.88. The van der Waals surface area contributed by atoms with Gasteiger partial charge < -0.3 is 0 Å². The van der Waals surface area contributed by atoms with Crippen molar-refractivity contribution < 1.29 is 0 Å². The molecule has 0 amide bonds. The lowest BCUT2D eigenvalue weighted by Crippen LogP contribution is -1.96. The summed E-state index contributed by atoms with van der Waals surface area (Å²) < 4.78 is 0. The molecular formula is C8H11N2. The van der Waals surface area contributed by atoms with Gasteiger partial charge in [-0.2, -0.15) is 0 Å². The molecule has 1 aromatic rings. The van der Waals surface area contributed by atoms with Gasteiger partial charge in [-0.3, -0.25) is 0 Å². The molecule has 2 nitrogen and oxygen atoms in total. The van der Waals surface area contributed by atoms with Crippen molar-refractivity contribution in [1.29, 1.82) is 0 Å². The van der Waals surface area contributed by atoms with E-state index in [1.807, 2.05) is 6.92 Å². The number of hydrogen-bond acceptors (Lipinski definition) is 2. The summed E-state index contributed by atoms with van der Waals surface area (Å²) in [6.07, 6.45) is 4.38. The zero-order chi connectivity index (χ0) is 7.56. The van der Waals surface area contributed by atoms with E-state index < -0.39 is 0 Å². The summed E-state index contributed by atoms with van der Waals surface area (Å²) in [7, 11) is 0. The smallest absolute Gasteiger partial charge is 0.197 e. The Morgan fingerprint density at radius 3 is 2.60 bits per heavy atom. The van der Waals surface area contributed by atoms with Gasteiger partial charge in [0.2, 0.25) is 0 Å². The van der Waals surface area contributed by atoms with Crippen LogP contribution < -0.4 is 0 Å². The van der Waals surface area contributed by atoms with E-state index in [-0.39, 0.29) is 0 Å². The molecule has 0 atom stereocenters. The van der Waals surface area contributed by atoms with E-state index in [2.05, 4.69) is 30.1 Å². The van der Waals surface area contributed by atoms with Crippen molar-refractivity contribution in [3.05, 3.63) is 23.8 Å². The normalized spacial score (nSPS) is 10.4. The van der Waals surface area contributed by atoms with Gasteiger partial charge in [-0.15, -0.1) is 0 Å². The van der Waals surface area contributed by atoms with E-state index in [4.69, 9.17) is 0 Å². The van der Waals surface area contributed by atoms with Crippen LogP contribution in [0.3, 0.4) is 0 Å². The maximum Gasteiger partial charge on any atom is 0.197 e. The molecule has 10 heavy (non-hydrogen) atoms. The molecule has 1 aromatic heterocycles. The molecule has 1 heterocycles. The first-order chi connectivity index (χ1) is 4.72. The van der Waals surface area contributed by atoms with Gasteiger partial charge in [0.1, 0.15) is 0 Å². The highest BCUT2D eigenvalue weighted by molar-refractivity contribution is 5.16. The van der Waals surface area contributed by atoms with Crippen LogP contribution >= 0.6 is 0 Å². The molecule has 1 radical (unpaired) electrons. The molecular weight excluding hydrogens is 124 g/mol. The third-order valence-corrected chi connectivity index (χ3v) is 1.44. The minimum Gasteiger partial charge on any atom is -0.234 e. The first kappa shape index (κ1) is 7.19. The summed E-state index contributed by atoms with van der Waals surface area (Å²) in [5.41, 5.74) is 2.24. The van der Waals surface area contributed by atoms with Gasteiger partial charge in [-0.05, 0) is 18.4 Å². The molecule has 0 unspecified atom stereocenters. The Morgan fingerprint density at radius 2 is 2.20 bits per heavy atom. The molecule has 0 spiro atoms. The molecule has 0 aliphatic heterocycles. The van der Waals surface area contributed by atoms with E-state index in [1.54, 1.807) is 6.20 Å². The van der Waals surface area contributed by atoms with Crippen LogP contribution in [0, 0.1) is 13.3 Å². The maximum atomic E-state index is 4.04. The monoisotopic (exact) mass is 135 g/mol. The van der Waals surface area contributed by atoms with Crippen molar-refractivity contribution in [1.82, 2.24) is 9.97 Å². The first-order valence-corrected chi connectivity index (χ1v) is 3.41. The minimum atomic E-state index is 0.472. The van der Waals surface area contributed by atoms with Crippen molar-refractivity contribution >= 4 is 0 Å². The van der Waals surface area contributed by atoms with Crippen molar-refractivity contribution in [2.45, 2.75) is 26.7 Å². The Hall–Kier alpha value is -0.920. The molecule has 0 saturated carbocycles. The molecule has 53 valence electrons. The van der Waals surface area contributed by atoms with E-state index in [1.165, 1.54) is 0 Å². The van der Waals surface area contributed by atoms with Crippen LogP contribution in [0.1, 0.15) is 31.0 Å². The van der Waals surface area contributed by atoms with Crippen molar-refractivity contribution in [3.8, 4) is 0 Å². The molecule has 2 heteroatoms. The molecule has 0 aliphatic rings. The summed E-state index contributed by atoms with van der Waals surface area (Å²) >= 11 is 0.